The smallest absolute Gasteiger partial charge is 0.259 e. The molecule has 1 heterocycles. The van der Waals surface area contributed by atoms with Gasteiger partial charge >= 0.3 is 0 Å². The van der Waals surface area contributed by atoms with Gasteiger partial charge in [0.25, 0.3) is 5.91 Å². The minimum atomic E-state index is -0.265. The predicted molar refractivity (Wildman–Crippen MR) is 109 cm³/mol. The van der Waals surface area contributed by atoms with E-state index in [1.165, 1.54) is 16.7 Å². The summed E-state index contributed by atoms with van der Waals surface area (Å²) in [6.07, 6.45) is 0. The zero-order chi connectivity index (χ0) is 17.9. The molecular formula is C21H24INO. The third-order valence-electron chi connectivity index (χ3n) is 4.94. The summed E-state index contributed by atoms with van der Waals surface area (Å²) in [7, 11) is 0. The molecule has 0 radical (unpaired) electrons. The highest BCUT2D eigenvalue weighted by atomic mass is 127. The second-order valence-electron chi connectivity index (χ2n) is 8.15. The lowest BCUT2D eigenvalue weighted by Gasteiger charge is -2.50. The summed E-state index contributed by atoms with van der Waals surface area (Å²) in [6.45, 7) is 12.9. The number of carbonyl (C=O) groups excluding carboxylic acids is 1. The third kappa shape index (κ3) is 2.67. The first-order valence-corrected chi connectivity index (χ1v) is 9.37. The van der Waals surface area contributed by atoms with Crippen molar-refractivity contribution in [3.63, 3.8) is 0 Å². The summed E-state index contributed by atoms with van der Waals surface area (Å²) in [4.78, 5) is 15.1. The number of amides is 1. The van der Waals surface area contributed by atoms with E-state index >= 15 is 0 Å². The first-order valence-electron chi connectivity index (χ1n) is 8.29. The molecule has 1 amide bonds. The van der Waals surface area contributed by atoms with Gasteiger partial charge in [0.05, 0.1) is 11.2 Å². The average Bonchev–Trinajstić information content (AvgIpc) is 2.48. The number of halogens is 1. The molecule has 1 aliphatic rings. The Balaban J connectivity index is 2.05. The molecule has 0 saturated heterocycles. The van der Waals surface area contributed by atoms with Crippen LogP contribution in [0.4, 0.5) is 5.69 Å². The Labute approximate surface area is 158 Å². The van der Waals surface area contributed by atoms with E-state index in [2.05, 4.69) is 82.3 Å². The van der Waals surface area contributed by atoms with Crippen molar-refractivity contribution in [3.05, 3.63) is 62.2 Å². The molecule has 0 spiro atoms. The van der Waals surface area contributed by atoms with Gasteiger partial charge in [-0.1, -0.05) is 39.0 Å². The molecule has 3 rings (SSSR count). The summed E-state index contributed by atoms with van der Waals surface area (Å²) in [5, 5.41) is 0. The summed E-state index contributed by atoms with van der Waals surface area (Å²) in [5.74, 6) is 0.0801. The zero-order valence-electron chi connectivity index (χ0n) is 15.2. The van der Waals surface area contributed by atoms with E-state index in [-0.39, 0.29) is 16.9 Å². The summed E-state index contributed by atoms with van der Waals surface area (Å²) in [6, 6.07) is 12.5. The second-order valence-corrected chi connectivity index (χ2v) is 9.31. The minimum Gasteiger partial charge on any atom is -0.298 e. The molecule has 0 N–H and O–H groups in total. The number of benzene rings is 2. The average molecular weight is 433 g/mol. The van der Waals surface area contributed by atoms with Gasteiger partial charge in [-0.15, -0.1) is 0 Å². The lowest BCUT2D eigenvalue weighted by atomic mass is 9.77. The fourth-order valence-corrected chi connectivity index (χ4v) is 3.80. The lowest BCUT2D eigenvalue weighted by Crippen LogP contribution is -2.54. The Kier molecular flexibility index (Phi) is 4.06. The molecule has 2 aromatic rings. The van der Waals surface area contributed by atoms with E-state index in [4.69, 9.17) is 0 Å². The number of aryl methyl sites for hydroxylation is 1. The van der Waals surface area contributed by atoms with Crippen LogP contribution in [-0.4, -0.2) is 5.91 Å². The van der Waals surface area contributed by atoms with Gasteiger partial charge in [-0.25, -0.2) is 0 Å². The highest BCUT2D eigenvalue weighted by Crippen LogP contribution is 2.49. The summed E-state index contributed by atoms with van der Waals surface area (Å²) in [5.41, 5.74) is 5.31. The normalized spacial score (nSPS) is 15.7. The first kappa shape index (κ1) is 17.5. The molecule has 3 heteroatoms. The molecule has 0 unspecified atom stereocenters. The predicted octanol–water partition coefficient (Wildman–Crippen LogP) is 5.79. The van der Waals surface area contributed by atoms with Crippen LogP contribution in [0.1, 0.15) is 61.7 Å². The van der Waals surface area contributed by atoms with Gasteiger partial charge in [0.15, 0.2) is 0 Å². The SMILES string of the molecule is Cc1ccc(C(=O)N2c3cc(C(C)(C)C)ccc3C2(C)C)cc1I. The van der Waals surface area contributed by atoms with Crippen molar-refractivity contribution < 1.29 is 4.79 Å². The van der Waals surface area contributed by atoms with Crippen molar-refractivity contribution in [2.45, 2.75) is 52.5 Å². The Bertz CT molecular complexity index is 830. The maximum atomic E-state index is 13.2. The number of anilines is 1. The Morgan fingerprint density at radius 2 is 1.75 bits per heavy atom. The van der Waals surface area contributed by atoms with E-state index in [0.29, 0.717) is 0 Å². The van der Waals surface area contributed by atoms with Crippen LogP contribution in [0.5, 0.6) is 0 Å². The molecule has 0 fully saturated rings. The third-order valence-corrected chi connectivity index (χ3v) is 6.11. The van der Waals surface area contributed by atoms with Crippen LogP contribution in [0.15, 0.2) is 36.4 Å². The van der Waals surface area contributed by atoms with Crippen molar-refractivity contribution in [1.82, 2.24) is 0 Å². The second kappa shape index (κ2) is 5.58. The zero-order valence-corrected chi connectivity index (χ0v) is 17.4. The molecule has 126 valence electrons. The van der Waals surface area contributed by atoms with Gasteiger partial charge in [-0.05, 0) is 78.1 Å². The van der Waals surface area contributed by atoms with Crippen LogP contribution in [-0.2, 0) is 11.0 Å². The summed E-state index contributed by atoms with van der Waals surface area (Å²) >= 11 is 2.29. The van der Waals surface area contributed by atoms with Gasteiger partial charge in [-0.3, -0.25) is 9.69 Å². The monoisotopic (exact) mass is 433 g/mol. The largest absolute Gasteiger partial charge is 0.298 e. The van der Waals surface area contributed by atoms with Gasteiger partial charge in [0.1, 0.15) is 0 Å². The molecule has 1 aliphatic heterocycles. The molecule has 0 aliphatic carbocycles. The maximum Gasteiger partial charge on any atom is 0.259 e. The minimum absolute atomic E-state index is 0.0721. The van der Waals surface area contributed by atoms with Crippen molar-refractivity contribution in [2.24, 2.45) is 0 Å². The number of rotatable bonds is 1. The quantitative estimate of drug-likeness (QED) is 0.521. The van der Waals surface area contributed by atoms with Gasteiger partial charge < -0.3 is 0 Å². The topological polar surface area (TPSA) is 20.3 Å². The van der Waals surface area contributed by atoms with Gasteiger partial charge in [0.2, 0.25) is 0 Å². The van der Waals surface area contributed by atoms with Crippen LogP contribution in [0.2, 0.25) is 0 Å². The molecule has 0 aromatic heterocycles. The molecule has 2 aromatic carbocycles. The maximum absolute atomic E-state index is 13.2. The number of hydrogen-bond acceptors (Lipinski definition) is 1. The number of fused-ring (bicyclic) bond motifs is 1. The highest BCUT2D eigenvalue weighted by Gasteiger charge is 2.46. The fourth-order valence-electron chi connectivity index (χ4n) is 3.29. The Hall–Kier alpha value is -1.36. The van der Waals surface area contributed by atoms with E-state index in [1.54, 1.807) is 0 Å². The van der Waals surface area contributed by atoms with E-state index in [1.807, 2.05) is 23.1 Å². The molecule has 0 atom stereocenters. The lowest BCUT2D eigenvalue weighted by molar-refractivity contribution is 0.0949. The van der Waals surface area contributed by atoms with Gasteiger partial charge in [-0.2, -0.15) is 0 Å². The van der Waals surface area contributed by atoms with Crippen LogP contribution in [0.25, 0.3) is 0 Å². The molecule has 2 nitrogen and oxygen atoms in total. The molecular weight excluding hydrogens is 409 g/mol. The first-order chi connectivity index (χ1) is 11.0. The van der Waals surface area contributed by atoms with Crippen molar-refractivity contribution >= 4 is 34.2 Å². The number of nitrogens with zero attached hydrogens (tertiary/aromatic N) is 1. The van der Waals surface area contributed by atoms with Gasteiger partial charge in [0, 0.05) is 14.7 Å². The number of hydrogen-bond donors (Lipinski definition) is 0. The van der Waals surface area contributed by atoms with Crippen LogP contribution in [0, 0.1) is 10.5 Å². The Morgan fingerprint density at radius 3 is 2.33 bits per heavy atom. The highest BCUT2D eigenvalue weighted by molar-refractivity contribution is 14.1. The van der Waals surface area contributed by atoms with Crippen molar-refractivity contribution in [3.8, 4) is 0 Å². The molecule has 24 heavy (non-hydrogen) atoms. The van der Waals surface area contributed by atoms with E-state index in [9.17, 15) is 4.79 Å². The van der Waals surface area contributed by atoms with E-state index < -0.39 is 0 Å². The van der Waals surface area contributed by atoms with E-state index in [0.717, 1.165) is 14.8 Å². The Morgan fingerprint density at radius 1 is 1.08 bits per heavy atom. The van der Waals surface area contributed by atoms with Crippen LogP contribution in [0.3, 0.4) is 0 Å². The van der Waals surface area contributed by atoms with Crippen molar-refractivity contribution in [2.75, 3.05) is 4.90 Å². The molecule has 0 bridgehead atoms. The number of carbonyl (C=O) groups is 1. The standard InChI is InChI=1S/C21H24INO/c1-13-7-8-14(11-17(13)22)19(24)23-18-12-15(20(2,3)4)9-10-16(18)21(23,5)6/h7-12H,1-6H3. The molecule has 0 saturated carbocycles. The fraction of sp³-hybridized carbons (Fsp3) is 0.381. The summed E-state index contributed by atoms with van der Waals surface area (Å²) < 4.78 is 1.13. The van der Waals surface area contributed by atoms with Crippen molar-refractivity contribution in [1.29, 1.82) is 0 Å². The van der Waals surface area contributed by atoms with Crippen LogP contribution >= 0.6 is 22.6 Å². The van der Waals surface area contributed by atoms with Crippen LogP contribution < -0.4 is 4.90 Å².